The van der Waals surface area contributed by atoms with Crippen molar-refractivity contribution in [3.05, 3.63) is 24.3 Å². The first-order valence-electron chi connectivity index (χ1n) is 8.58. The van der Waals surface area contributed by atoms with E-state index >= 15 is 0 Å². The SMILES string of the molecule is CCC1(CC)NC(=O)N(CC(=O)OCC(=O)Nc2ccc(OC)cc2)C1=O. The second-order valence-electron chi connectivity index (χ2n) is 6.05. The molecule has 2 rings (SSSR count). The monoisotopic (exact) mass is 377 g/mol. The highest BCUT2D eigenvalue weighted by atomic mass is 16.5. The number of methoxy groups -OCH3 is 1. The summed E-state index contributed by atoms with van der Waals surface area (Å²) in [5.41, 5.74) is -0.468. The molecule has 9 nitrogen and oxygen atoms in total. The number of hydrogen-bond donors (Lipinski definition) is 2. The minimum absolute atomic E-state index is 0.421. The fourth-order valence-corrected chi connectivity index (χ4v) is 2.74. The van der Waals surface area contributed by atoms with Crippen molar-refractivity contribution >= 4 is 29.5 Å². The van der Waals surface area contributed by atoms with Crippen LogP contribution in [-0.2, 0) is 19.1 Å². The second kappa shape index (κ2) is 8.52. The van der Waals surface area contributed by atoms with Gasteiger partial charge in [0.1, 0.15) is 17.8 Å². The van der Waals surface area contributed by atoms with E-state index < -0.39 is 42.5 Å². The summed E-state index contributed by atoms with van der Waals surface area (Å²) in [5, 5.41) is 5.18. The van der Waals surface area contributed by atoms with Gasteiger partial charge in [-0.05, 0) is 37.1 Å². The number of ether oxygens (including phenoxy) is 2. The Hall–Kier alpha value is -3.10. The Kier molecular flexibility index (Phi) is 6.38. The average Bonchev–Trinajstić information content (AvgIpc) is 2.91. The van der Waals surface area contributed by atoms with Gasteiger partial charge >= 0.3 is 12.0 Å². The summed E-state index contributed by atoms with van der Waals surface area (Å²) in [5.74, 6) is -1.20. The molecule has 1 heterocycles. The zero-order valence-corrected chi connectivity index (χ0v) is 15.5. The van der Waals surface area contributed by atoms with E-state index in [0.717, 1.165) is 4.90 Å². The smallest absolute Gasteiger partial charge is 0.326 e. The van der Waals surface area contributed by atoms with Gasteiger partial charge < -0.3 is 20.1 Å². The van der Waals surface area contributed by atoms with Crippen LogP contribution < -0.4 is 15.4 Å². The molecule has 1 aromatic carbocycles. The molecule has 0 saturated carbocycles. The van der Waals surface area contributed by atoms with Crippen molar-refractivity contribution < 1.29 is 28.7 Å². The van der Waals surface area contributed by atoms with E-state index in [2.05, 4.69) is 10.6 Å². The number of urea groups is 1. The Morgan fingerprint density at radius 1 is 1.15 bits per heavy atom. The quantitative estimate of drug-likeness (QED) is 0.521. The predicted octanol–water partition coefficient (Wildman–Crippen LogP) is 1.29. The van der Waals surface area contributed by atoms with Crippen molar-refractivity contribution in [2.45, 2.75) is 32.2 Å². The molecule has 0 spiro atoms. The van der Waals surface area contributed by atoms with E-state index in [1.165, 1.54) is 7.11 Å². The Bertz CT molecular complexity index is 727. The van der Waals surface area contributed by atoms with E-state index in [1.807, 2.05) is 0 Å². The van der Waals surface area contributed by atoms with Crippen LogP contribution >= 0.6 is 0 Å². The fraction of sp³-hybridized carbons (Fsp3) is 0.444. The maximum atomic E-state index is 12.4. The van der Waals surface area contributed by atoms with Crippen molar-refractivity contribution in [1.29, 1.82) is 0 Å². The van der Waals surface area contributed by atoms with Gasteiger partial charge in [-0.3, -0.25) is 19.3 Å². The molecule has 0 aromatic heterocycles. The maximum Gasteiger partial charge on any atom is 0.326 e. The van der Waals surface area contributed by atoms with Crippen LogP contribution in [-0.4, -0.2) is 54.5 Å². The second-order valence-corrected chi connectivity index (χ2v) is 6.05. The van der Waals surface area contributed by atoms with E-state index in [0.29, 0.717) is 24.3 Å². The summed E-state index contributed by atoms with van der Waals surface area (Å²) >= 11 is 0. The first-order chi connectivity index (χ1) is 12.8. The van der Waals surface area contributed by atoms with Crippen LogP contribution in [0, 0.1) is 0 Å². The topological polar surface area (TPSA) is 114 Å². The lowest BCUT2D eigenvalue weighted by atomic mass is 9.93. The summed E-state index contributed by atoms with van der Waals surface area (Å²) in [7, 11) is 1.53. The molecule has 1 aliphatic rings. The molecule has 0 radical (unpaired) electrons. The third-order valence-corrected chi connectivity index (χ3v) is 4.48. The standard InChI is InChI=1S/C18H23N3O6/c1-4-18(5-2)16(24)21(17(25)20-18)10-15(23)27-11-14(22)19-12-6-8-13(26-3)9-7-12/h6-9H,4-5,10-11H2,1-3H3,(H,19,22)(H,20,25). The lowest BCUT2D eigenvalue weighted by molar-refractivity contribution is -0.150. The summed E-state index contributed by atoms with van der Waals surface area (Å²) in [6.45, 7) is 2.50. The van der Waals surface area contributed by atoms with Gasteiger partial charge in [-0.2, -0.15) is 0 Å². The molecule has 27 heavy (non-hydrogen) atoms. The highest BCUT2D eigenvalue weighted by Crippen LogP contribution is 2.24. The summed E-state index contributed by atoms with van der Waals surface area (Å²) < 4.78 is 9.88. The molecular formula is C18H23N3O6. The predicted molar refractivity (Wildman–Crippen MR) is 96.1 cm³/mol. The molecule has 1 aliphatic heterocycles. The number of carbonyl (C=O) groups excluding carboxylic acids is 4. The molecular weight excluding hydrogens is 354 g/mol. The van der Waals surface area contributed by atoms with Crippen molar-refractivity contribution in [1.82, 2.24) is 10.2 Å². The minimum Gasteiger partial charge on any atom is -0.497 e. The number of rotatable bonds is 8. The number of benzene rings is 1. The van der Waals surface area contributed by atoms with Gasteiger partial charge in [0.15, 0.2) is 6.61 Å². The number of nitrogens with one attached hydrogen (secondary N) is 2. The Balaban J connectivity index is 1.84. The molecule has 9 heteroatoms. The van der Waals surface area contributed by atoms with E-state index in [-0.39, 0.29) is 0 Å². The van der Waals surface area contributed by atoms with Crippen molar-refractivity contribution in [3.63, 3.8) is 0 Å². The van der Waals surface area contributed by atoms with Gasteiger partial charge in [-0.25, -0.2) is 4.79 Å². The number of imide groups is 1. The van der Waals surface area contributed by atoms with Crippen molar-refractivity contribution in [2.24, 2.45) is 0 Å². The van der Waals surface area contributed by atoms with E-state index in [1.54, 1.807) is 38.1 Å². The summed E-state index contributed by atoms with van der Waals surface area (Å²) in [6, 6.07) is 5.99. The lowest BCUT2D eigenvalue weighted by Crippen LogP contribution is -2.46. The van der Waals surface area contributed by atoms with Gasteiger partial charge in [0.2, 0.25) is 0 Å². The van der Waals surface area contributed by atoms with Gasteiger partial charge in [0.25, 0.3) is 11.8 Å². The summed E-state index contributed by atoms with van der Waals surface area (Å²) in [4.78, 5) is 49.0. The molecule has 146 valence electrons. The van der Waals surface area contributed by atoms with Gasteiger partial charge in [-0.1, -0.05) is 13.8 Å². The molecule has 2 N–H and O–H groups in total. The number of amides is 4. The number of hydrogen-bond acceptors (Lipinski definition) is 6. The minimum atomic E-state index is -0.983. The molecule has 0 bridgehead atoms. The third kappa shape index (κ3) is 4.55. The van der Waals surface area contributed by atoms with Crippen LogP contribution in [0.4, 0.5) is 10.5 Å². The van der Waals surface area contributed by atoms with Gasteiger partial charge in [-0.15, -0.1) is 0 Å². The molecule has 4 amide bonds. The number of anilines is 1. The third-order valence-electron chi connectivity index (χ3n) is 4.48. The molecule has 1 saturated heterocycles. The average molecular weight is 377 g/mol. The van der Waals surface area contributed by atoms with Gasteiger partial charge in [0.05, 0.1) is 7.11 Å². The first-order valence-corrected chi connectivity index (χ1v) is 8.58. The normalized spacial score (nSPS) is 15.3. The van der Waals surface area contributed by atoms with E-state index in [9.17, 15) is 19.2 Å². The molecule has 0 aliphatic carbocycles. The maximum absolute atomic E-state index is 12.4. The Morgan fingerprint density at radius 3 is 2.30 bits per heavy atom. The lowest BCUT2D eigenvalue weighted by Gasteiger charge is -2.22. The molecule has 0 unspecified atom stereocenters. The number of carbonyl (C=O) groups is 4. The van der Waals surface area contributed by atoms with Crippen LogP contribution in [0.1, 0.15) is 26.7 Å². The Labute approximate surface area is 157 Å². The van der Waals surface area contributed by atoms with E-state index in [4.69, 9.17) is 9.47 Å². The summed E-state index contributed by atoms with van der Waals surface area (Å²) in [6.07, 6.45) is 0.841. The van der Waals surface area contributed by atoms with Crippen LogP contribution in [0.5, 0.6) is 5.75 Å². The number of esters is 1. The molecule has 0 atom stereocenters. The molecule has 1 aromatic rings. The number of nitrogens with zero attached hydrogens (tertiary/aromatic N) is 1. The van der Waals surface area contributed by atoms with Crippen LogP contribution in [0.3, 0.4) is 0 Å². The van der Waals surface area contributed by atoms with Crippen LogP contribution in [0.15, 0.2) is 24.3 Å². The zero-order chi connectivity index (χ0) is 20.0. The van der Waals surface area contributed by atoms with Crippen molar-refractivity contribution in [2.75, 3.05) is 25.6 Å². The highest BCUT2D eigenvalue weighted by molar-refractivity contribution is 6.08. The largest absolute Gasteiger partial charge is 0.497 e. The fourth-order valence-electron chi connectivity index (χ4n) is 2.74. The highest BCUT2D eigenvalue weighted by Gasteiger charge is 2.49. The van der Waals surface area contributed by atoms with Gasteiger partial charge in [0, 0.05) is 5.69 Å². The first kappa shape index (κ1) is 20.2. The van der Waals surface area contributed by atoms with Crippen LogP contribution in [0.25, 0.3) is 0 Å². The Morgan fingerprint density at radius 2 is 1.78 bits per heavy atom. The zero-order valence-electron chi connectivity index (χ0n) is 15.5. The van der Waals surface area contributed by atoms with Crippen LogP contribution in [0.2, 0.25) is 0 Å². The van der Waals surface area contributed by atoms with Crippen molar-refractivity contribution in [3.8, 4) is 5.75 Å². The molecule has 1 fully saturated rings.